The lowest BCUT2D eigenvalue weighted by atomic mass is 10.1. The van der Waals surface area contributed by atoms with Crippen LogP contribution in [0.5, 0.6) is 0 Å². The first-order chi connectivity index (χ1) is 7.15. The molecule has 0 fully saturated rings. The predicted octanol–water partition coefficient (Wildman–Crippen LogP) is 2.65. The minimum absolute atomic E-state index is 0. The van der Waals surface area contributed by atoms with Gasteiger partial charge in [0.25, 0.3) is 0 Å². The molecule has 3 heteroatoms. The van der Waals surface area contributed by atoms with Gasteiger partial charge in [0.1, 0.15) is 0 Å². The van der Waals surface area contributed by atoms with Crippen LogP contribution in [0, 0.1) is 0 Å². The van der Waals surface area contributed by atoms with Crippen molar-refractivity contribution in [3.8, 4) is 0 Å². The van der Waals surface area contributed by atoms with E-state index in [0.29, 0.717) is 6.54 Å². The van der Waals surface area contributed by atoms with Crippen molar-refractivity contribution < 1.29 is 6.22 Å². The van der Waals surface area contributed by atoms with E-state index < -0.39 is 0 Å². The Hall–Kier alpha value is -1.51. The molecular weight excluding hydrogens is 188 g/mol. The molecule has 0 spiro atoms. The Morgan fingerprint density at radius 3 is 2.60 bits per heavy atom. The highest BCUT2D eigenvalue weighted by atomic mass is 16.2. The number of nitrogens with one attached hydrogen (secondary N) is 1. The minimum atomic E-state index is -0.0335. The molecule has 0 aliphatic heterocycles. The van der Waals surface area contributed by atoms with Gasteiger partial charge in [0.2, 0.25) is 0 Å². The maximum Gasteiger partial charge on any atom is 0.317 e. The highest BCUT2D eigenvalue weighted by Crippen LogP contribution is 2.11. The van der Waals surface area contributed by atoms with Crippen molar-refractivity contribution in [3.05, 3.63) is 35.9 Å². The van der Waals surface area contributed by atoms with Gasteiger partial charge in [0, 0.05) is 15.0 Å². The summed E-state index contributed by atoms with van der Waals surface area (Å²) in [6.07, 6.45) is 0. The zero-order valence-electron chi connectivity index (χ0n) is 9.53. The van der Waals surface area contributed by atoms with E-state index in [1.54, 1.807) is 11.9 Å². The first-order valence-corrected chi connectivity index (χ1v) is 5.21. The molecule has 0 bridgehead atoms. The lowest BCUT2D eigenvalue weighted by molar-refractivity contribution is 0.208. The van der Waals surface area contributed by atoms with Crippen molar-refractivity contribution in [3.63, 3.8) is 0 Å². The van der Waals surface area contributed by atoms with Gasteiger partial charge < -0.3 is 10.2 Å². The summed E-state index contributed by atoms with van der Waals surface area (Å²) in [5.74, 6) is 0. The average Bonchev–Trinajstić information content (AvgIpc) is 2.29. The fourth-order valence-corrected chi connectivity index (χ4v) is 1.26. The normalized spacial score (nSPS) is 11.9. The van der Waals surface area contributed by atoms with Crippen LogP contribution in [0.4, 0.5) is 4.79 Å². The van der Waals surface area contributed by atoms with Crippen LogP contribution in [0.3, 0.4) is 0 Å². The van der Waals surface area contributed by atoms with Crippen molar-refractivity contribution in [2.24, 2.45) is 0 Å². The first-order valence-electron chi connectivity index (χ1n) is 5.21. The summed E-state index contributed by atoms with van der Waals surface area (Å²) in [7, 11) is 1.78. The molecule has 0 heterocycles. The van der Waals surface area contributed by atoms with Gasteiger partial charge in [0.05, 0.1) is 6.04 Å². The molecule has 0 saturated heterocycles. The van der Waals surface area contributed by atoms with Crippen molar-refractivity contribution in [1.82, 2.24) is 10.2 Å². The molecule has 0 unspecified atom stereocenters. The van der Waals surface area contributed by atoms with E-state index >= 15 is 0 Å². The number of carbonyl (C=O) groups excluding carboxylic acids is 1. The van der Waals surface area contributed by atoms with Crippen LogP contribution in [0.25, 0.3) is 0 Å². The van der Waals surface area contributed by atoms with Crippen LogP contribution in [0.1, 0.15) is 26.9 Å². The lowest BCUT2D eigenvalue weighted by Crippen LogP contribution is -2.38. The third kappa shape index (κ3) is 3.27. The SMILES string of the molecule is CCN(C)C(=O)N[C@@H](C)c1ccccc1.[HH]. The highest BCUT2D eigenvalue weighted by Gasteiger charge is 2.11. The van der Waals surface area contributed by atoms with E-state index in [0.717, 1.165) is 5.56 Å². The third-order valence-corrected chi connectivity index (χ3v) is 2.46. The molecular formula is C12H20N2O. The molecule has 1 rings (SSSR count). The van der Waals surface area contributed by atoms with Crippen molar-refractivity contribution in [2.75, 3.05) is 13.6 Å². The summed E-state index contributed by atoms with van der Waals surface area (Å²) < 4.78 is 0. The number of nitrogens with zero attached hydrogens (tertiary/aromatic N) is 1. The van der Waals surface area contributed by atoms with E-state index in [4.69, 9.17) is 0 Å². The van der Waals surface area contributed by atoms with Gasteiger partial charge in [-0.3, -0.25) is 0 Å². The maximum absolute atomic E-state index is 11.6. The highest BCUT2D eigenvalue weighted by molar-refractivity contribution is 5.74. The molecule has 2 amide bonds. The number of hydrogen-bond acceptors (Lipinski definition) is 1. The van der Waals surface area contributed by atoms with Crippen LogP contribution in [-0.4, -0.2) is 24.5 Å². The predicted molar refractivity (Wildman–Crippen MR) is 63.8 cm³/mol. The maximum atomic E-state index is 11.6. The molecule has 0 aliphatic carbocycles. The summed E-state index contributed by atoms with van der Waals surface area (Å²) in [4.78, 5) is 13.2. The number of benzene rings is 1. The lowest BCUT2D eigenvalue weighted by Gasteiger charge is -2.20. The van der Waals surface area contributed by atoms with E-state index in [9.17, 15) is 4.79 Å². The molecule has 3 nitrogen and oxygen atoms in total. The molecule has 0 aliphatic rings. The average molecular weight is 208 g/mol. The van der Waals surface area contributed by atoms with Gasteiger partial charge in [-0.25, -0.2) is 4.79 Å². The Balaban J connectivity index is 0.00000225. The molecule has 1 atom stereocenters. The van der Waals surface area contributed by atoms with Crippen molar-refractivity contribution >= 4 is 6.03 Å². The second-order valence-corrected chi connectivity index (χ2v) is 3.60. The van der Waals surface area contributed by atoms with Gasteiger partial charge in [0.15, 0.2) is 0 Å². The quantitative estimate of drug-likeness (QED) is 0.813. The van der Waals surface area contributed by atoms with Crippen LogP contribution >= 0.6 is 0 Å². The number of amides is 2. The Bertz CT molecular complexity index is 316. The molecule has 0 saturated carbocycles. The summed E-state index contributed by atoms with van der Waals surface area (Å²) >= 11 is 0. The van der Waals surface area contributed by atoms with E-state index in [1.165, 1.54) is 0 Å². The second kappa shape index (κ2) is 5.39. The molecule has 84 valence electrons. The third-order valence-electron chi connectivity index (χ3n) is 2.46. The van der Waals surface area contributed by atoms with Gasteiger partial charge >= 0.3 is 6.03 Å². The summed E-state index contributed by atoms with van der Waals surface area (Å²) in [6.45, 7) is 4.65. The standard InChI is InChI=1S/C12H18N2O.H2/c1-4-14(3)12(15)13-10(2)11-8-6-5-7-9-11;/h5-10H,4H2,1-3H3,(H,13,15);1H/t10-;/m0./s1. The molecule has 0 aromatic heterocycles. The second-order valence-electron chi connectivity index (χ2n) is 3.60. The minimum Gasteiger partial charge on any atom is -0.331 e. The number of carbonyl (C=O) groups is 1. The van der Waals surface area contributed by atoms with E-state index in [1.807, 2.05) is 44.2 Å². The molecule has 0 radical (unpaired) electrons. The first kappa shape index (κ1) is 11.6. The van der Waals surface area contributed by atoms with Gasteiger partial charge in [-0.05, 0) is 19.4 Å². The van der Waals surface area contributed by atoms with Gasteiger partial charge in [-0.1, -0.05) is 30.3 Å². The van der Waals surface area contributed by atoms with Crippen LogP contribution in [0.15, 0.2) is 30.3 Å². The van der Waals surface area contributed by atoms with Crippen molar-refractivity contribution in [2.45, 2.75) is 19.9 Å². The smallest absolute Gasteiger partial charge is 0.317 e. The summed E-state index contributed by atoms with van der Waals surface area (Å²) in [5.41, 5.74) is 1.12. The number of urea groups is 1. The molecule has 1 aromatic carbocycles. The topological polar surface area (TPSA) is 32.3 Å². The zero-order valence-corrected chi connectivity index (χ0v) is 9.53. The number of hydrogen-bond donors (Lipinski definition) is 1. The number of rotatable bonds is 3. The Morgan fingerprint density at radius 1 is 1.47 bits per heavy atom. The molecule has 1 aromatic rings. The fourth-order valence-electron chi connectivity index (χ4n) is 1.26. The Morgan fingerprint density at radius 2 is 2.07 bits per heavy atom. The van der Waals surface area contributed by atoms with Gasteiger partial charge in [-0.2, -0.15) is 0 Å². The van der Waals surface area contributed by atoms with Crippen LogP contribution < -0.4 is 5.32 Å². The van der Waals surface area contributed by atoms with Crippen LogP contribution in [0.2, 0.25) is 0 Å². The van der Waals surface area contributed by atoms with Gasteiger partial charge in [-0.15, -0.1) is 0 Å². The summed E-state index contributed by atoms with van der Waals surface area (Å²) in [5, 5.41) is 2.93. The van der Waals surface area contributed by atoms with Crippen molar-refractivity contribution in [1.29, 1.82) is 0 Å². The fraction of sp³-hybridized carbons (Fsp3) is 0.417. The molecule has 15 heavy (non-hydrogen) atoms. The Kier molecular flexibility index (Phi) is 4.16. The zero-order chi connectivity index (χ0) is 11.3. The van der Waals surface area contributed by atoms with E-state index in [2.05, 4.69) is 5.32 Å². The summed E-state index contributed by atoms with van der Waals surface area (Å²) in [6, 6.07) is 9.95. The van der Waals surface area contributed by atoms with E-state index in [-0.39, 0.29) is 13.5 Å². The molecule has 1 N–H and O–H groups in total. The monoisotopic (exact) mass is 208 g/mol. The largest absolute Gasteiger partial charge is 0.331 e. The van der Waals surface area contributed by atoms with Crippen LogP contribution in [-0.2, 0) is 0 Å². The Labute approximate surface area is 92.6 Å².